The van der Waals surface area contributed by atoms with Gasteiger partial charge in [0.2, 0.25) is 0 Å². The van der Waals surface area contributed by atoms with Crippen molar-refractivity contribution < 1.29 is 4.79 Å². The van der Waals surface area contributed by atoms with E-state index in [4.69, 9.17) is 11.0 Å². The molecule has 0 spiro atoms. The number of benzene rings is 1. The maximum atomic E-state index is 12.0. The van der Waals surface area contributed by atoms with E-state index in [1.807, 2.05) is 5.40 Å². The molecule has 1 aromatic heterocycles. The maximum absolute atomic E-state index is 12.0. The molecule has 3 N–H and O–H groups in total. The molecule has 1 aromatic carbocycles. The van der Waals surface area contributed by atoms with Crippen LogP contribution in [0.2, 0.25) is 0 Å². The highest BCUT2D eigenvalue weighted by Gasteiger charge is 2.13. The highest BCUT2D eigenvalue weighted by atomic mass is 32.2. The molecule has 0 saturated heterocycles. The van der Waals surface area contributed by atoms with Crippen LogP contribution in [0.25, 0.3) is 0 Å². The topological polar surface area (TPSA) is 96.7 Å². The summed E-state index contributed by atoms with van der Waals surface area (Å²) in [5.74, 6) is 0.000410. The van der Waals surface area contributed by atoms with E-state index in [9.17, 15) is 4.79 Å². The first-order valence-electron chi connectivity index (χ1n) is 5.36. The van der Waals surface area contributed by atoms with Crippen molar-refractivity contribution in [2.24, 2.45) is 7.05 Å². The van der Waals surface area contributed by atoms with Crippen molar-refractivity contribution in [3.8, 4) is 5.40 Å². The summed E-state index contributed by atoms with van der Waals surface area (Å²) in [6.07, 6.45) is 1.42. The van der Waals surface area contributed by atoms with Crippen LogP contribution in [0.1, 0.15) is 10.4 Å². The third kappa shape index (κ3) is 2.86. The number of nitrogens with zero attached hydrogens (tertiary/aromatic N) is 3. The van der Waals surface area contributed by atoms with Gasteiger partial charge in [0.1, 0.15) is 16.8 Å². The number of hydrogen-bond donors (Lipinski definition) is 2. The number of amides is 1. The van der Waals surface area contributed by atoms with E-state index in [0.717, 1.165) is 16.7 Å². The molecule has 6 nitrogen and oxygen atoms in total. The van der Waals surface area contributed by atoms with Crippen molar-refractivity contribution in [2.45, 2.75) is 4.90 Å². The van der Waals surface area contributed by atoms with E-state index in [1.165, 1.54) is 10.9 Å². The van der Waals surface area contributed by atoms with Gasteiger partial charge >= 0.3 is 0 Å². The zero-order valence-electron chi connectivity index (χ0n) is 10.1. The average molecular weight is 273 g/mol. The Labute approximate surface area is 114 Å². The Morgan fingerprint density at radius 1 is 1.47 bits per heavy atom. The first-order chi connectivity index (χ1) is 9.11. The number of aryl methyl sites for hydroxylation is 1. The van der Waals surface area contributed by atoms with Crippen molar-refractivity contribution in [2.75, 3.05) is 11.1 Å². The second kappa shape index (κ2) is 5.46. The molecular weight excluding hydrogens is 262 g/mol. The lowest BCUT2D eigenvalue weighted by molar-refractivity contribution is 0.102. The number of nitrogen functional groups attached to an aromatic ring is 1. The number of nitrogens with one attached hydrogen (secondary N) is 1. The van der Waals surface area contributed by atoms with Crippen molar-refractivity contribution in [1.82, 2.24) is 9.78 Å². The average Bonchev–Trinajstić information content (AvgIpc) is 2.73. The Kier molecular flexibility index (Phi) is 3.73. The predicted octanol–water partition coefficient (Wildman–Crippen LogP) is 1.83. The summed E-state index contributed by atoms with van der Waals surface area (Å²) < 4.78 is 1.43. The second-order valence-electron chi connectivity index (χ2n) is 3.74. The third-order valence-electron chi connectivity index (χ3n) is 2.50. The minimum absolute atomic E-state index is 0.314. The molecule has 0 fully saturated rings. The molecule has 1 heterocycles. The Morgan fingerprint density at radius 2 is 2.16 bits per heavy atom. The van der Waals surface area contributed by atoms with Gasteiger partial charge in [0.15, 0.2) is 0 Å². The van der Waals surface area contributed by atoms with Crippen LogP contribution in [0.3, 0.4) is 0 Å². The summed E-state index contributed by atoms with van der Waals surface area (Å²) in [6, 6.07) is 6.97. The van der Waals surface area contributed by atoms with Gasteiger partial charge < -0.3 is 11.1 Å². The number of aromatic nitrogens is 2. The minimum atomic E-state index is -0.314. The number of nitrogens with two attached hydrogens (primary N) is 1. The zero-order valence-corrected chi connectivity index (χ0v) is 10.9. The van der Waals surface area contributed by atoms with Crippen LogP contribution in [0.4, 0.5) is 11.5 Å². The number of hydrogen-bond acceptors (Lipinski definition) is 5. The minimum Gasteiger partial charge on any atom is -0.383 e. The first-order valence-corrected chi connectivity index (χ1v) is 6.18. The fourth-order valence-corrected chi connectivity index (χ4v) is 1.86. The van der Waals surface area contributed by atoms with E-state index >= 15 is 0 Å². The fraction of sp³-hybridized carbons (Fsp3) is 0.0833. The summed E-state index contributed by atoms with van der Waals surface area (Å²) in [4.78, 5) is 12.8. The maximum Gasteiger partial charge on any atom is 0.261 e. The Balaban J connectivity index is 2.11. The van der Waals surface area contributed by atoms with Crippen molar-refractivity contribution in [3.63, 3.8) is 0 Å². The van der Waals surface area contributed by atoms with Gasteiger partial charge in [0.05, 0.1) is 6.20 Å². The molecule has 0 saturated carbocycles. The van der Waals surface area contributed by atoms with Gasteiger partial charge in [-0.1, -0.05) is 0 Å². The molecule has 7 heteroatoms. The standard InChI is InChI=1S/C12H11N5OS/c1-17-11(14)10(6-15-17)12(18)16-8-2-4-9(5-3-8)19-7-13/h2-6H,14H2,1H3,(H,16,18). The Bertz CT molecular complexity index is 641. The van der Waals surface area contributed by atoms with Crippen LogP contribution < -0.4 is 11.1 Å². The number of rotatable bonds is 3. The number of anilines is 2. The van der Waals surface area contributed by atoms with Crippen LogP contribution in [0.15, 0.2) is 35.4 Å². The van der Waals surface area contributed by atoms with E-state index in [2.05, 4.69) is 10.4 Å². The normalized spacial score (nSPS) is 9.89. The SMILES string of the molecule is Cn1ncc(C(=O)Nc2ccc(SC#N)cc2)c1N. The van der Waals surface area contributed by atoms with Crippen LogP contribution >= 0.6 is 11.8 Å². The quantitative estimate of drug-likeness (QED) is 0.657. The first kappa shape index (κ1) is 13.0. The summed E-state index contributed by atoms with van der Waals surface area (Å²) >= 11 is 1.06. The van der Waals surface area contributed by atoms with Crippen molar-refractivity contribution in [3.05, 3.63) is 36.0 Å². The monoisotopic (exact) mass is 273 g/mol. The zero-order chi connectivity index (χ0) is 13.8. The van der Waals surface area contributed by atoms with E-state index in [-0.39, 0.29) is 5.91 Å². The molecule has 0 bridgehead atoms. The summed E-state index contributed by atoms with van der Waals surface area (Å²) in [6.45, 7) is 0. The largest absolute Gasteiger partial charge is 0.383 e. The molecule has 0 aliphatic heterocycles. The molecule has 0 radical (unpaired) electrons. The van der Waals surface area contributed by atoms with Crippen molar-refractivity contribution >= 4 is 29.2 Å². The molecule has 0 atom stereocenters. The van der Waals surface area contributed by atoms with Crippen LogP contribution in [0, 0.1) is 10.7 Å². The van der Waals surface area contributed by atoms with Gasteiger partial charge in [-0.25, -0.2) is 0 Å². The van der Waals surface area contributed by atoms with Gasteiger partial charge in [-0.05, 0) is 36.0 Å². The van der Waals surface area contributed by atoms with E-state index in [1.54, 1.807) is 31.3 Å². The Hall–Kier alpha value is -2.46. The second-order valence-corrected chi connectivity index (χ2v) is 4.60. The number of carbonyl (C=O) groups excluding carboxylic acids is 1. The van der Waals surface area contributed by atoms with Gasteiger partial charge in [-0.3, -0.25) is 9.48 Å². The molecule has 96 valence electrons. The lowest BCUT2D eigenvalue weighted by atomic mass is 10.2. The summed E-state index contributed by atoms with van der Waals surface area (Å²) in [5.41, 5.74) is 6.69. The molecule has 0 unspecified atom stereocenters. The van der Waals surface area contributed by atoms with Crippen LogP contribution in [-0.2, 0) is 7.05 Å². The molecule has 1 amide bonds. The van der Waals surface area contributed by atoms with Crippen LogP contribution in [-0.4, -0.2) is 15.7 Å². The van der Waals surface area contributed by atoms with Crippen molar-refractivity contribution in [1.29, 1.82) is 5.26 Å². The molecule has 0 aliphatic carbocycles. The lowest BCUT2D eigenvalue weighted by Crippen LogP contribution is -2.13. The highest BCUT2D eigenvalue weighted by molar-refractivity contribution is 8.03. The molecule has 2 rings (SSSR count). The highest BCUT2D eigenvalue weighted by Crippen LogP contribution is 2.20. The van der Waals surface area contributed by atoms with Gasteiger partial charge in [-0.2, -0.15) is 10.4 Å². The van der Waals surface area contributed by atoms with Gasteiger partial charge in [0, 0.05) is 17.6 Å². The van der Waals surface area contributed by atoms with E-state index < -0.39 is 0 Å². The molecule has 19 heavy (non-hydrogen) atoms. The summed E-state index contributed by atoms with van der Waals surface area (Å²) in [5, 5.41) is 17.1. The molecule has 0 aliphatic rings. The molecular formula is C12H11N5OS. The summed E-state index contributed by atoms with van der Waals surface area (Å²) in [7, 11) is 1.67. The smallest absolute Gasteiger partial charge is 0.261 e. The van der Waals surface area contributed by atoms with E-state index in [0.29, 0.717) is 17.1 Å². The number of thiocyanates is 1. The molecule has 2 aromatic rings. The van der Waals surface area contributed by atoms with Gasteiger partial charge in [-0.15, -0.1) is 0 Å². The predicted molar refractivity (Wildman–Crippen MR) is 73.5 cm³/mol. The van der Waals surface area contributed by atoms with Crippen LogP contribution in [0.5, 0.6) is 0 Å². The number of thioether (sulfide) groups is 1. The van der Waals surface area contributed by atoms with Gasteiger partial charge in [0.25, 0.3) is 5.91 Å². The third-order valence-corrected chi connectivity index (χ3v) is 3.10. The fourth-order valence-electron chi connectivity index (χ4n) is 1.48. The lowest BCUT2D eigenvalue weighted by Gasteiger charge is -2.05. The number of nitriles is 1. The Morgan fingerprint density at radius 3 is 2.68 bits per heavy atom. The number of carbonyl (C=O) groups is 1.